The molecule has 1 aliphatic heterocycles. The molecule has 2 aromatic heterocycles. The monoisotopic (exact) mass is 425 g/mol. The number of nitrogens with one attached hydrogen (secondary N) is 1. The van der Waals surface area contributed by atoms with E-state index in [4.69, 9.17) is 9.47 Å². The van der Waals surface area contributed by atoms with Gasteiger partial charge in [-0.25, -0.2) is 4.79 Å². The van der Waals surface area contributed by atoms with Gasteiger partial charge in [-0.05, 0) is 35.7 Å². The number of methoxy groups -OCH3 is 2. The molecule has 0 spiro atoms. The molecule has 0 atom stereocenters. The van der Waals surface area contributed by atoms with Gasteiger partial charge >= 0.3 is 6.03 Å². The number of urea groups is 1. The molecule has 1 aliphatic rings. The topological polar surface area (TPSA) is 79.8 Å². The van der Waals surface area contributed by atoms with E-state index in [2.05, 4.69) is 20.4 Å². The lowest BCUT2D eigenvalue weighted by Gasteiger charge is -2.35. The Labute approximate surface area is 179 Å². The van der Waals surface area contributed by atoms with Crippen LogP contribution in [0.5, 0.6) is 11.5 Å². The average Bonchev–Trinajstić information content (AvgIpc) is 3.34. The Hall–Kier alpha value is -3.33. The molecule has 8 nitrogen and oxygen atoms in total. The maximum atomic E-state index is 12.7. The fraction of sp³-hybridized carbons (Fsp3) is 0.286. The predicted molar refractivity (Wildman–Crippen MR) is 118 cm³/mol. The highest BCUT2D eigenvalue weighted by atomic mass is 32.1. The number of nitrogens with zero attached hydrogens (tertiary/aromatic N) is 4. The van der Waals surface area contributed by atoms with Crippen LogP contribution < -0.4 is 19.7 Å². The van der Waals surface area contributed by atoms with E-state index in [1.54, 1.807) is 48.7 Å². The fourth-order valence-corrected chi connectivity index (χ4v) is 3.98. The summed E-state index contributed by atoms with van der Waals surface area (Å²) in [6.07, 6.45) is 0. The lowest BCUT2D eigenvalue weighted by Crippen LogP contribution is -2.50. The number of hydrogen-bond donors (Lipinski definition) is 1. The normalized spacial score (nSPS) is 13.8. The summed E-state index contributed by atoms with van der Waals surface area (Å²) in [5.41, 5.74) is 1.46. The van der Waals surface area contributed by atoms with Gasteiger partial charge in [0.05, 0.1) is 24.8 Å². The van der Waals surface area contributed by atoms with E-state index in [9.17, 15) is 4.79 Å². The number of aromatic nitrogens is 2. The van der Waals surface area contributed by atoms with Crippen LogP contribution in [0.4, 0.5) is 16.3 Å². The highest BCUT2D eigenvalue weighted by Gasteiger charge is 2.23. The zero-order valence-corrected chi connectivity index (χ0v) is 17.7. The van der Waals surface area contributed by atoms with E-state index in [1.807, 2.05) is 29.6 Å². The predicted octanol–water partition coefficient (Wildman–Crippen LogP) is 3.58. The Kier molecular flexibility index (Phi) is 5.99. The van der Waals surface area contributed by atoms with Crippen molar-refractivity contribution in [1.29, 1.82) is 0 Å². The molecule has 1 saturated heterocycles. The maximum absolute atomic E-state index is 12.7. The molecule has 3 heterocycles. The molecular formula is C21H23N5O3S. The zero-order chi connectivity index (χ0) is 20.9. The zero-order valence-electron chi connectivity index (χ0n) is 16.9. The molecule has 9 heteroatoms. The first-order chi connectivity index (χ1) is 14.7. The van der Waals surface area contributed by atoms with Crippen LogP contribution >= 0.6 is 11.3 Å². The quantitative estimate of drug-likeness (QED) is 0.673. The van der Waals surface area contributed by atoms with Gasteiger partial charge in [-0.1, -0.05) is 6.07 Å². The van der Waals surface area contributed by atoms with Gasteiger partial charge in [0.2, 0.25) is 0 Å². The number of benzene rings is 1. The lowest BCUT2D eigenvalue weighted by atomic mass is 10.2. The Morgan fingerprint density at radius 2 is 1.87 bits per heavy atom. The van der Waals surface area contributed by atoms with Gasteiger partial charge in [0.1, 0.15) is 17.2 Å². The Morgan fingerprint density at radius 3 is 2.50 bits per heavy atom. The van der Waals surface area contributed by atoms with Crippen LogP contribution in [-0.4, -0.2) is 61.5 Å². The van der Waals surface area contributed by atoms with Gasteiger partial charge in [-0.2, -0.15) is 0 Å². The van der Waals surface area contributed by atoms with Crippen LogP contribution in [0, 0.1) is 0 Å². The van der Waals surface area contributed by atoms with Crippen molar-refractivity contribution in [2.45, 2.75) is 0 Å². The summed E-state index contributed by atoms with van der Waals surface area (Å²) in [5, 5.41) is 13.7. The maximum Gasteiger partial charge on any atom is 0.322 e. The highest BCUT2D eigenvalue weighted by Crippen LogP contribution is 2.29. The summed E-state index contributed by atoms with van der Waals surface area (Å²) in [7, 11) is 3.16. The lowest BCUT2D eigenvalue weighted by molar-refractivity contribution is 0.208. The number of anilines is 2. The van der Waals surface area contributed by atoms with Crippen molar-refractivity contribution in [3.05, 3.63) is 47.8 Å². The van der Waals surface area contributed by atoms with Gasteiger partial charge in [-0.15, -0.1) is 21.5 Å². The first-order valence-electron chi connectivity index (χ1n) is 9.58. The first-order valence-corrected chi connectivity index (χ1v) is 10.5. The Morgan fingerprint density at radius 1 is 1.03 bits per heavy atom. The van der Waals surface area contributed by atoms with E-state index in [-0.39, 0.29) is 6.03 Å². The summed E-state index contributed by atoms with van der Waals surface area (Å²) >= 11 is 1.64. The molecule has 1 fully saturated rings. The van der Waals surface area contributed by atoms with E-state index >= 15 is 0 Å². The van der Waals surface area contributed by atoms with E-state index in [0.717, 1.165) is 16.4 Å². The van der Waals surface area contributed by atoms with Crippen molar-refractivity contribution in [2.75, 3.05) is 50.6 Å². The highest BCUT2D eigenvalue weighted by molar-refractivity contribution is 7.13. The number of thiophene rings is 1. The molecule has 0 radical (unpaired) electrons. The Balaban J connectivity index is 1.36. The summed E-state index contributed by atoms with van der Waals surface area (Å²) in [6.45, 7) is 2.56. The molecule has 0 unspecified atom stereocenters. The molecule has 0 bridgehead atoms. The summed E-state index contributed by atoms with van der Waals surface area (Å²) in [4.78, 5) is 17.7. The van der Waals surface area contributed by atoms with Gasteiger partial charge in [0.15, 0.2) is 5.82 Å². The summed E-state index contributed by atoms with van der Waals surface area (Å²) in [6, 6.07) is 13.1. The van der Waals surface area contributed by atoms with Crippen LogP contribution in [-0.2, 0) is 0 Å². The second-order valence-corrected chi connectivity index (χ2v) is 7.67. The summed E-state index contributed by atoms with van der Waals surface area (Å²) in [5.74, 6) is 2.06. The van der Waals surface area contributed by atoms with Gasteiger partial charge in [-0.3, -0.25) is 0 Å². The molecule has 4 rings (SSSR count). The molecule has 1 N–H and O–H groups in total. The van der Waals surface area contributed by atoms with E-state index in [1.165, 1.54) is 0 Å². The van der Waals surface area contributed by atoms with Crippen molar-refractivity contribution < 1.29 is 14.3 Å². The fourth-order valence-electron chi connectivity index (χ4n) is 3.29. The van der Waals surface area contributed by atoms with Crippen molar-refractivity contribution in [3.63, 3.8) is 0 Å². The minimum atomic E-state index is -0.166. The smallest absolute Gasteiger partial charge is 0.322 e. The standard InChI is InChI=1S/C21H23N5O3S/c1-28-15-5-7-18(29-2)17(14-15)22-21(27)26-11-9-25(10-12-26)20-8-6-16(23-24-20)19-4-3-13-30-19/h3-8,13-14H,9-12H2,1-2H3,(H,22,27). The third-order valence-corrected chi connectivity index (χ3v) is 5.86. The van der Waals surface area contributed by atoms with E-state index in [0.29, 0.717) is 43.4 Å². The molecule has 0 aliphatic carbocycles. The van der Waals surface area contributed by atoms with Gasteiger partial charge < -0.3 is 24.6 Å². The van der Waals surface area contributed by atoms with Gasteiger partial charge in [0.25, 0.3) is 0 Å². The van der Waals surface area contributed by atoms with Crippen molar-refractivity contribution >= 4 is 28.9 Å². The minimum absolute atomic E-state index is 0.166. The molecular weight excluding hydrogens is 402 g/mol. The number of rotatable bonds is 5. The average molecular weight is 426 g/mol. The third-order valence-electron chi connectivity index (χ3n) is 4.96. The SMILES string of the molecule is COc1ccc(OC)c(NC(=O)N2CCN(c3ccc(-c4cccs4)nn3)CC2)c1. The van der Waals surface area contributed by atoms with Crippen molar-refractivity contribution in [1.82, 2.24) is 15.1 Å². The number of ether oxygens (including phenoxy) is 2. The molecule has 0 saturated carbocycles. The molecule has 2 amide bonds. The number of carbonyl (C=O) groups excluding carboxylic acids is 1. The number of amides is 2. The largest absolute Gasteiger partial charge is 0.497 e. The molecule has 3 aromatic rings. The van der Waals surface area contributed by atoms with Gasteiger partial charge in [0, 0.05) is 32.2 Å². The van der Waals surface area contributed by atoms with Crippen LogP contribution in [0.15, 0.2) is 47.8 Å². The minimum Gasteiger partial charge on any atom is -0.497 e. The third kappa shape index (κ3) is 4.30. The van der Waals surface area contributed by atoms with Crippen molar-refractivity contribution in [2.24, 2.45) is 0 Å². The van der Waals surface area contributed by atoms with E-state index < -0.39 is 0 Å². The second kappa shape index (κ2) is 9.00. The van der Waals surface area contributed by atoms with Crippen molar-refractivity contribution in [3.8, 4) is 22.1 Å². The molecule has 1 aromatic carbocycles. The second-order valence-electron chi connectivity index (χ2n) is 6.72. The number of piperazine rings is 1. The van der Waals surface area contributed by atoms with Crippen LogP contribution in [0.3, 0.4) is 0 Å². The number of carbonyl (C=O) groups is 1. The van der Waals surface area contributed by atoms with Crippen LogP contribution in [0.1, 0.15) is 0 Å². The summed E-state index contributed by atoms with van der Waals surface area (Å²) < 4.78 is 10.6. The number of hydrogen-bond acceptors (Lipinski definition) is 7. The molecule has 30 heavy (non-hydrogen) atoms. The van der Waals surface area contributed by atoms with Crippen LogP contribution in [0.2, 0.25) is 0 Å². The first kappa shape index (κ1) is 20.0. The Bertz CT molecular complexity index is 986. The molecule has 156 valence electrons. The van der Waals surface area contributed by atoms with Crippen LogP contribution in [0.25, 0.3) is 10.6 Å².